The van der Waals surface area contributed by atoms with Crippen LogP contribution in [-0.4, -0.2) is 17.6 Å². The van der Waals surface area contributed by atoms with Gasteiger partial charge in [-0.25, -0.2) is 4.79 Å². The molecule has 0 aliphatic heterocycles. The van der Waals surface area contributed by atoms with Gasteiger partial charge in [0.15, 0.2) is 0 Å². The first kappa shape index (κ1) is 10.7. The number of ether oxygens (including phenoxy) is 1. The summed E-state index contributed by atoms with van der Waals surface area (Å²) in [5.41, 5.74) is 5.38. The van der Waals surface area contributed by atoms with Gasteiger partial charge in [0.1, 0.15) is 5.54 Å². The molecular weight excluding hydrogens is 180 g/mol. The Hall–Kier alpha value is -1.42. The maximum absolute atomic E-state index is 11.5. The molecule has 0 spiro atoms. The van der Waals surface area contributed by atoms with Crippen LogP contribution in [0.5, 0.6) is 0 Å². The Morgan fingerprint density at radius 3 is 2.93 bits per heavy atom. The van der Waals surface area contributed by atoms with Crippen LogP contribution >= 0.6 is 0 Å². The predicted molar refractivity (Wildman–Crippen MR) is 52.4 cm³/mol. The minimum absolute atomic E-state index is 0.325. The maximum atomic E-state index is 11.5. The monoisotopic (exact) mass is 194 g/mol. The van der Waals surface area contributed by atoms with E-state index in [9.17, 15) is 4.79 Å². The molecule has 0 unspecified atom stereocenters. The summed E-state index contributed by atoms with van der Waals surface area (Å²) in [6.07, 6.45) is 3.20. The Morgan fingerprint density at radius 2 is 2.43 bits per heavy atom. The number of aromatic nitrogens is 1. The number of rotatable bonds is 3. The molecule has 0 saturated heterocycles. The van der Waals surface area contributed by atoms with Crippen molar-refractivity contribution in [1.82, 2.24) is 4.98 Å². The number of hydrogen-bond donors (Lipinski definition) is 1. The van der Waals surface area contributed by atoms with Gasteiger partial charge in [0, 0.05) is 18.0 Å². The molecule has 1 rings (SSSR count). The molecule has 0 saturated carbocycles. The van der Waals surface area contributed by atoms with Crippen molar-refractivity contribution in [2.24, 2.45) is 5.73 Å². The van der Waals surface area contributed by atoms with E-state index >= 15 is 0 Å². The van der Waals surface area contributed by atoms with Crippen LogP contribution in [0, 0.1) is 0 Å². The second kappa shape index (κ2) is 4.19. The van der Waals surface area contributed by atoms with Gasteiger partial charge < -0.3 is 10.5 Å². The Bertz CT molecular complexity index is 309. The van der Waals surface area contributed by atoms with E-state index in [0.29, 0.717) is 12.2 Å². The topological polar surface area (TPSA) is 65.2 Å². The SMILES string of the molecule is CCOC(=O)[C@](C)(N)c1cccnc1. The summed E-state index contributed by atoms with van der Waals surface area (Å²) in [4.78, 5) is 15.4. The van der Waals surface area contributed by atoms with Crippen LogP contribution in [-0.2, 0) is 15.1 Å². The Morgan fingerprint density at radius 1 is 1.71 bits per heavy atom. The number of carbonyl (C=O) groups excluding carboxylic acids is 1. The van der Waals surface area contributed by atoms with Crippen LogP contribution in [0.1, 0.15) is 19.4 Å². The van der Waals surface area contributed by atoms with Gasteiger partial charge in [0.2, 0.25) is 0 Å². The van der Waals surface area contributed by atoms with Crippen molar-refractivity contribution >= 4 is 5.97 Å². The second-order valence-corrected chi connectivity index (χ2v) is 3.16. The van der Waals surface area contributed by atoms with Crippen LogP contribution in [0.4, 0.5) is 0 Å². The van der Waals surface area contributed by atoms with Gasteiger partial charge in [-0.05, 0) is 19.9 Å². The third-order valence-corrected chi connectivity index (χ3v) is 1.96. The smallest absolute Gasteiger partial charge is 0.330 e. The van der Waals surface area contributed by atoms with Crippen molar-refractivity contribution in [1.29, 1.82) is 0 Å². The van der Waals surface area contributed by atoms with Crippen LogP contribution in [0.15, 0.2) is 24.5 Å². The number of nitrogens with two attached hydrogens (primary N) is 1. The highest BCUT2D eigenvalue weighted by atomic mass is 16.5. The van der Waals surface area contributed by atoms with Gasteiger partial charge in [-0.1, -0.05) is 6.07 Å². The van der Waals surface area contributed by atoms with E-state index in [-0.39, 0.29) is 0 Å². The fourth-order valence-electron chi connectivity index (χ4n) is 1.07. The van der Waals surface area contributed by atoms with E-state index in [1.165, 1.54) is 0 Å². The van der Waals surface area contributed by atoms with E-state index in [4.69, 9.17) is 10.5 Å². The predicted octanol–water partition coefficient (Wildman–Crippen LogP) is 0.819. The molecule has 0 aromatic carbocycles. The molecule has 0 fully saturated rings. The van der Waals surface area contributed by atoms with Gasteiger partial charge in [-0.2, -0.15) is 0 Å². The van der Waals surface area contributed by atoms with Gasteiger partial charge in [-0.3, -0.25) is 4.98 Å². The fourth-order valence-corrected chi connectivity index (χ4v) is 1.07. The van der Waals surface area contributed by atoms with Gasteiger partial charge >= 0.3 is 5.97 Å². The second-order valence-electron chi connectivity index (χ2n) is 3.16. The van der Waals surface area contributed by atoms with Crippen LogP contribution < -0.4 is 5.73 Å². The lowest BCUT2D eigenvalue weighted by molar-refractivity contribution is -0.149. The quantitative estimate of drug-likeness (QED) is 0.723. The Balaban J connectivity index is 2.90. The van der Waals surface area contributed by atoms with Crippen molar-refractivity contribution in [3.05, 3.63) is 30.1 Å². The zero-order chi connectivity index (χ0) is 10.6. The van der Waals surface area contributed by atoms with Crippen LogP contribution in [0.25, 0.3) is 0 Å². The summed E-state index contributed by atoms with van der Waals surface area (Å²) in [5.74, 6) is -0.437. The summed E-state index contributed by atoms with van der Waals surface area (Å²) in [5, 5.41) is 0. The van der Waals surface area contributed by atoms with Gasteiger partial charge in [0.25, 0.3) is 0 Å². The Labute approximate surface area is 83.1 Å². The van der Waals surface area contributed by atoms with Crippen molar-refractivity contribution in [2.45, 2.75) is 19.4 Å². The highest BCUT2D eigenvalue weighted by molar-refractivity contribution is 5.81. The first-order valence-corrected chi connectivity index (χ1v) is 4.45. The van der Waals surface area contributed by atoms with E-state index in [2.05, 4.69) is 4.98 Å². The summed E-state index contributed by atoms with van der Waals surface area (Å²) in [6, 6.07) is 3.49. The number of esters is 1. The molecule has 0 bridgehead atoms. The van der Waals surface area contributed by atoms with Gasteiger partial charge in [0.05, 0.1) is 6.61 Å². The van der Waals surface area contributed by atoms with Crippen molar-refractivity contribution in [3.8, 4) is 0 Å². The molecule has 1 aromatic heterocycles. The minimum atomic E-state index is -1.12. The summed E-state index contributed by atoms with van der Waals surface area (Å²) >= 11 is 0. The highest BCUT2D eigenvalue weighted by Gasteiger charge is 2.32. The van der Waals surface area contributed by atoms with Crippen LogP contribution in [0.3, 0.4) is 0 Å². The number of carbonyl (C=O) groups is 1. The summed E-state index contributed by atoms with van der Waals surface area (Å²) < 4.78 is 4.87. The molecule has 1 aromatic rings. The zero-order valence-electron chi connectivity index (χ0n) is 8.36. The molecule has 4 nitrogen and oxygen atoms in total. The molecule has 2 N–H and O–H groups in total. The summed E-state index contributed by atoms with van der Waals surface area (Å²) in [6.45, 7) is 3.69. The maximum Gasteiger partial charge on any atom is 0.330 e. The number of hydrogen-bond acceptors (Lipinski definition) is 4. The number of nitrogens with zero attached hydrogens (tertiary/aromatic N) is 1. The lowest BCUT2D eigenvalue weighted by atomic mass is 9.95. The molecule has 0 radical (unpaired) electrons. The van der Waals surface area contributed by atoms with Gasteiger partial charge in [-0.15, -0.1) is 0 Å². The van der Waals surface area contributed by atoms with Crippen LogP contribution in [0.2, 0.25) is 0 Å². The third-order valence-electron chi connectivity index (χ3n) is 1.96. The van der Waals surface area contributed by atoms with E-state index in [0.717, 1.165) is 0 Å². The average Bonchev–Trinajstić information content (AvgIpc) is 2.19. The molecule has 1 atom stereocenters. The molecule has 1 heterocycles. The minimum Gasteiger partial charge on any atom is -0.464 e. The highest BCUT2D eigenvalue weighted by Crippen LogP contribution is 2.17. The molecule has 0 aliphatic carbocycles. The third kappa shape index (κ3) is 2.09. The first-order valence-electron chi connectivity index (χ1n) is 4.45. The molecular formula is C10H14N2O2. The van der Waals surface area contributed by atoms with E-state index in [1.807, 2.05) is 0 Å². The van der Waals surface area contributed by atoms with Crippen molar-refractivity contribution in [2.75, 3.05) is 6.61 Å². The molecule has 76 valence electrons. The molecule has 0 aliphatic rings. The van der Waals surface area contributed by atoms with E-state index in [1.54, 1.807) is 38.4 Å². The Kier molecular flexibility index (Phi) is 3.19. The zero-order valence-corrected chi connectivity index (χ0v) is 8.36. The van der Waals surface area contributed by atoms with Crippen molar-refractivity contribution in [3.63, 3.8) is 0 Å². The average molecular weight is 194 g/mol. The standard InChI is InChI=1S/C10H14N2O2/c1-3-14-9(13)10(2,11)8-5-4-6-12-7-8/h4-7H,3,11H2,1-2H3/t10-/m1/s1. The van der Waals surface area contributed by atoms with E-state index < -0.39 is 11.5 Å². The lowest BCUT2D eigenvalue weighted by Crippen LogP contribution is -2.43. The molecule has 14 heavy (non-hydrogen) atoms. The fraction of sp³-hybridized carbons (Fsp3) is 0.400. The number of pyridine rings is 1. The van der Waals surface area contributed by atoms with Crippen molar-refractivity contribution < 1.29 is 9.53 Å². The molecule has 0 amide bonds. The first-order chi connectivity index (χ1) is 6.59. The molecule has 4 heteroatoms. The largest absolute Gasteiger partial charge is 0.464 e. The lowest BCUT2D eigenvalue weighted by Gasteiger charge is -2.21. The summed E-state index contributed by atoms with van der Waals surface area (Å²) in [7, 11) is 0. The normalized spacial score (nSPS) is 14.5.